The van der Waals surface area contributed by atoms with Crippen molar-refractivity contribution in [2.24, 2.45) is 4.99 Å². The number of nitrogens with zero attached hydrogens (tertiary/aromatic N) is 1. The summed E-state index contributed by atoms with van der Waals surface area (Å²) in [6.07, 6.45) is 5.06. The highest BCUT2D eigenvalue weighted by atomic mass is 35.5. The van der Waals surface area contributed by atoms with Crippen LogP contribution in [0, 0.1) is 0 Å². The molecule has 1 aromatic heterocycles. The number of hydrogen-bond donors (Lipinski definition) is 2. The summed E-state index contributed by atoms with van der Waals surface area (Å²) < 4.78 is 5.08. The Labute approximate surface area is 86.6 Å². The standard InChI is InChI=1S/C9H10ClN3O/c1-14-9(10)5-8(12-6-13-9)7-3-2-4-11-7/h2-6,11H,1H3,(H,12,13). The first-order valence-corrected chi connectivity index (χ1v) is 4.52. The Bertz CT molecular complexity index is 371. The largest absolute Gasteiger partial charge is 0.360 e. The zero-order chi connectivity index (χ0) is 10.0. The molecular formula is C9H10ClN3O. The quantitative estimate of drug-likeness (QED) is 0.576. The topological polar surface area (TPSA) is 49.4 Å². The Morgan fingerprint density at radius 2 is 2.43 bits per heavy atom. The van der Waals surface area contributed by atoms with Gasteiger partial charge in [0.1, 0.15) is 0 Å². The van der Waals surface area contributed by atoms with Crippen molar-refractivity contribution in [1.29, 1.82) is 0 Å². The van der Waals surface area contributed by atoms with E-state index in [1.54, 1.807) is 6.08 Å². The van der Waals surface area contributed by atoms with E-state index < -0.39 is 5.18 Å². The highest BCUT2D eigenvalue weighted by molar-refractivity contribution is 6.25. The number of aliphatic imine (C=N–C) groups is 1. The van der Waals surface area contributed by atoms with E-state index in [2.05, 4.69) is 15.3 Å². The molecule has 1 aromatic rings. The Morgan fingerprint density at radius 3 is 3.07 bits per heavy atom. The Balaban J connectivity index is 2.32. The van der Waals surface area contributed by atoms with Crippen LogP contribution in [-0.2, 0) is 4.74 Å². The third kappa shape index (κ3) is 1.66. The van der Waals surface area contributed by atoms with Gasteiger partial charge in [0.15, 0.2) is 0 Å². The van der Waals surface area contributed by atoms with Crippen LogP contribution < -0.4 is 5.32 Å². The van der Waals surface area contributed by atoms with Gasteiger partial charge in [-0.1, -0.05) is 11.6 Å². The van der Waals surface area contributed by atoms with Gasteiger partial charge in [0.2, 0.25) is 5.18 Å². The minimum Gasteiger partial charge on any atom is -0.360 e. The monoisotopic (exact) mass is 211 g/mol. The maximum atomic E-state index is 6.06. The van der Waals surface area contributed by atoms with Crippen LogP contribution in [-0.4, -0.2) is 23.6 Å². The number of hydrogen-bond acceptors (Lipinski definition) is 3. The van der Waals surface area contributed by atoms with Gasteiger partial charge < -0.3 is 15.0 Å². The molecular weight excluding hydrogens is 202 g/mol. The Hall–Kier alpha value is -1.26. The first-order valence-electron chi connectivity index (χ1n) is 4.14. The van der Waals surface area contributed by atoms with Crippen LogP contribution in [0.1, 0.15) is 5.69 Å². The van der Waals surface area contributed by atoms with Gasteiger partial charge in [-0.2, -0.15) is 0 Å². The van der Waals surface area contributed by atoms with Gasteiger partial charge in [-0.25, -0.2) is 4.99 Å². The van der Waals surface area contributed by atoms with Crippen molar-refractivity contribution >= 4 is 23.6 Å². The van der Waals surface area contributed by atoms with Gasteiger partial charge in [0, 0.05) is 19.4 Å². The number of alkyl halides is 1. The normalized spacial score (nSPS) is 25.7. The third-order valence-corrected chi connectivity index (χ3v) is 2.33. The molecule has 74 valence electrons. The molecule has 0 saturated heterocycles. The van der Waals surface area contributed by atoms with Crippen molar-refractivity contribution in [3.05, 3.63) is 30.1 Å². The van der Waals surface area contributed by atoms with Crippen molar-refractivity contribution in [3.8, 4) is 0 Å². The first kappa shape index (κ1) is 9.30. The predicted molar refractivity (Wildman–Crippen MR) is 56.0 cm³/mol. The van der Waals surface area contributed by atoms with Crippen molar-refractivity contribution in [2.75, 3.05) is 7.11 Å². The van der Waals surface area contributed by atoms with Crippen molar-refractivity contribution in [3.63, 3.8) is 0 Å². The zero-order valence-electron chi connectivity index (χ0n) is 7.62. The number of rotatable bonds is 2. The summed E-state index contributed by atoms with van der Waals surface area (Å²) >= 11 is 6.06. The predicted octanol–water partition coefficient (Wildman–Crippen LogP) is 1.53. The van der Waals surface area contributed by atoms with Crippen LogP contribution in [0.5, 0.6) is 0 Å². The number of nitrogens with one attached hydrogen (secondary N) is 2. The van der Waals surface area contributed by atoms with Gasteiger partial charge >= 0.3 is 0 Å². The SMILES string of the molecule is COC1(Cl)C=C(c2ccc[nH]2)N=CN1. The van der Waals surface area contributed by atoms with Gasteiger partial charge in [0.25, 0.3) is 0 Å². The number of ether oxygens (including phenoxy) is 1. The maximum absolute atomic E-state index is 6.06. The summed E-state index contributed by atoms with van der Waals surface area (Å²) in [6, 6.07) is 3.82. The van der Waals surface area contributed by atoms with E-state index in [4.69, 9.17) is 16.3 Å². The molecule has 2 N–H and O–H groups in total. The number of halogens is 1. The van der Waals surface area contributed by atoms with E-state index in [0.717, 1.165) is 11.4 Å². The molecule has 14 heavy (non-hydrogen) atoms. The van der Waals surface area contributed by atoms with Crippen molar-refractivity contribution in [1.82, 2.24) is 10.3 Å². The summed E-state index contributed by atoms with van der Waals surface area (Å²) in [5.41, 5.74) is 1.66. The number of aromatic amines is 1. The van der Waals surface area contributed by atoms with E-state index >= 15 is 0 Å². The molecule has 4 nitrogen and oxygen atoms in total. The summed E-state index contributed by atoms with van der Waals surface area (Å²) in [6.45, 7) is 0. The molecule has 0 fully saturated rings. The van der Waals surface area contributed by atoms with Crippen LogP contribution in [0.4, 0.5) is 0 Å². The summed E-state index contributed by atoms with van der Waals surface area (Å²) in [5.74, 6) is 0. The summed E-state index contributed by atoms with van der Waals surface area (Å²) in [7, 11) is 1.53. The van der Waals surface area contributed by atoms with E-state index in [-0.39, 0.29) is 0 Å². The lowest BCUT2D eigenvalue weighted by Crippen LogP contribution is -2.40. The lowest BCUT2D eigenvalue weighted by atomic mass is 10.2. The average Bonchev–Trinajstić information content (AvgIpc) is 2.71. The van der Waals surface area contributed by atoms with Crippen LogP contribution in [0.25, 0.3) is 5.70 Å². The Morgan fingerprint density at radius 1 is 1.57 bits per heavy atom. The lowest BCUT2D eigenvalue weighted by Gasteiger charge is -2.24. The first-order chi connectivity index (χ1) is 6.73. The fraction of sp³-hybridized carbons (Fsp3) is 0.222. The summed E-state index contributed by atoms with van der Waals surface area (Å²) in [5, 5.41) is 1.80. The zero-order valence-corrected chi connectivity index (χ0v) is 8.38. The second-order valence-corrected chi connectivity index (χ2v) is 3.43. The van der Waals surface area contributed by atoms with Crippen molar-refractivity contribution in [2.45, 2.75) is 5.18 Å². The number of aromatic nitrogens is 1. The molecule has 0 aliphatic carbocycles. The fourth-order valence-electron chi connectivity index (χ4n) is 1.20. The minimum absolute atomic E-state index is 0.755. The van der Waals surface area contributed by atoms with Crippen LogP contribution >= 0.6 is 11.6 Å². The molecule has 0 spiro atoms. The van der Waals surface area contributed by atoms with E-state index in [0.29, 0.717) is 0 Å². The molecule has 1 aliphatic rings. The van der Waals surface area contributed by atoms with Gasteiger partial charge in [-0.05, 0) is 12.1 Å². The maximum Gasteiger partial charge on any atom is 0.239 e. The number of H-pyrrole nitrogens is 1. The molecule has 2 heterocycles. The average molecular weight is 212 g/mol. The molecule has 2 rings (SSSR count). The smallest absolute Gasteiger partial charge is 0.239 e. The molecule has 1 aliphatic heterocycles. The van der Waals surface area contributed by atoms with Crippen molar-refractivity contribution < 1.29 is 4.74 Å². The van der Waals surface area contributed by atoms with Crippen LogP contribution in [0.3, 0.4) is 0 Å². The molecule has 0 aromatic carbocycles. The van der Waals surface area contributed by atoms with Crippen LogP contribution in [0.2, 0.25) is 0 Å². The molecule has 0 amide bonds. The highest BCUT2D eigenvalue weighted by Crippen LogP contribution is 2.24. The van der Waals surface area contributed by atoms with E-state index in [9.17, 15) is 0 Å². The van der Waals surface area contributed by atoms with Gasteiger partial charge in [0.05, 0.1) is 17.7 Å². The molecule has 5 heteroatoms. The highest BCUT2D eigenvalue weighted by Gasteiger charge is 2.26. The van der Waals surface area contributed by atoms with E-state index in [1.165, 1.54) is 13.4 Å². The molecule has 0 bridgehead atoms. The molecule has 0 saturated carbocycles. The summed E-state index contributed by atoms with van der Waals surface area (Å²) in [4.78, 5) is 7.19. The third-order valence-electron chi connectivity index (χ3n) is 1.96. The number of methoxy groups -OCH3 is 1. The minimum atomic E-state index is -0.998. The second kappa shape index (κ2) is 3.48. The fourth-order valence-corrected chi connectivity index (χ4v) is 1.35. The van der Waals surface area contributed by atoms with Gasteiger partial charge in [-0.15, -0.1) is 0 Å². The molecule has 1 atom stereocenters. The van der Waals surface area contributed by atoms with Crippen LogP contribution in [0.15, 0.2) is 29.4 Å². The second-order valence-electron chi connectivity index (χ2n) is 2.87. The molecule has 0 radical (unpaired) electrons. The molecule has 1 unspecified atom stereocenters. The Kier molecular flexibility index (Phi) is 2.31. The van der Waals surface area contributed by atoms with Gasteiger partial charge in [-0.3, -0.25) is 0 Å². The lowest BCUT2D eigenvalue weighted by molar-refractivity contribution is 0.0928. The van der Waals surface area contributed by atoms with E-state index in [1.807, 2.05) is 18.3 Å².